The third-order valence-electron chi connectivity index (χ3n) is 3.88. The fourth-order valence-electron chi connectivity index (χ4n) is 2.81. The van der Waals surface area contributed by atoms with E-state index >= 15 is 0 Å². The molecule has 1 aromatic heterocycles. The Hall–Kier alpha value is -1.23. The highest BCUT2D eigenvalue weighted by molar-refractivity contribution is 5.64. The van der Waals surface area contributed by atoms with Gasteiger partial charge in [-0.05, 0) is 38.3 Å². The predicted molar refractivity (Wildman–Crippen MR) is 80.3 cm³/mol. The smallest absolute Gasteiger partial charge is 0.147 e. The number of nitrogen functional groups attached to an aromatic ring is 1. The molecular weight excluding hydrogens is 238 g/mol. The van der Waals surface area contributed by atoms with Gasteiger partial charge in [-0.3, -0.25) is 4.68 Å². The minimum absolute atomic E-state index is 0.623. The number of nitrogens with two attached hydrogens (primary N) is 1. The Balaban J connectivity index is 1.85. The molecule has 2 rings (SSSR count). The molecule has 0 radical (unpaired) electrons. The van der Waals surface area contributed by atoms with Crippen molar-refractivity contribution in [2.45, 2.75) is 33.1 Å². The first kappa shape index (κ1) is 14.2. The zero-order valence-corrected chi connectivity index (χ0v) is 12.4. The molecule has 1 saturated heterocycles. The summed E-state index contributed by atoms with van der Waals surface area (Å²) in [6, 6.07) is 0. The van der Waals surface area contributed by atoms with Crippen LogP contribution in [0.2, 0.25) is 0 Å². The summed E-state index contributed by atoms with van der Waals surface area (Å²) in [6.45, 7) is 9.02. The van der Waals surface area contributed by atoms with Gasteiger partial charge in [0, 0.05) is 20.1 Å². The van der Waals surface area contributed by atoms with Gasteiger partial charge < -0.3 is 16.0 Å². The van der Waals surface area contributed by atoms with Gasteiger partial charge in [0.05, 0.1) is 11.4 Å². The van der Waals surface area contributed by atoms with Crippen LogP contribution < -0.4 is 11.1 Å². The Labute approximate surface area is 116 Å². The van der Waals surface area contributed by atoms with E-state index in [9.17, 15) is 0 Å². The summed E-state index contributed by atoms with van der Waals surface area (Å²) in [7, 11) is 1.95. The maximum atomic E-state index is 6.11. The van der Waals surface area contributed by atoms with Crippen molar-refractivity contribution in [1.29, 1.82) is 0 Å². The molecule has 0 aliphatic carbocycles. The topological polar surface area (TPSA) is 59.1 Å². The standard InChI is InChI=1S/C14H27N5/c1-4-12-13(15)14(18(3)17-12)16-9-11(2)10-19-7-5-6-8-19/h11,16H,4-10,15H2,1-3H3. The van der Waals surface area contributed by atoms with E-state index in [0.717, 1.165) is 30.2 Å². The van der Waals surface area contributed by atoms with E-state index in [1.807, 2.05) is 11.7 Å². The molecule has 1 atom stereocenters. The van der Waals surface area contributed by atoms with Crippen molar-refractivity contribution in [2.75, 3.05) is 37.2 Å². The molecular formula is C14H27N5. The molecule has 5 heteroatoms. The van der Waals surface area contributed by atoms with Crippen LogP contribution in [-0.4, -0.2) is 40.9 Å². The first-order chi connectivity index (χ1) is 9.11. The SMILES string of the molecule is CCc1nn(C)c(NCC(C)CN2CCCC2)c1N. The van der Waals surface area contributed by atoms with E-state index in [4.69, 9.17) is 5.73 Å². The lowest BCUT2D eigenvalue weighted by Gasteiger charge is -2.21. The van der Waals surface area contributed by atoms with Gasteiger partial charge in [0.1, 0.15) is 5.82 Å². The second kappa shape index (κ2) is 6.28. The molecule has 0 amide bonds. The maximum Gasteiger partial charge on any atom is 0.147 e. The van der Waals surface area contributed by atoms with E-state index in [1.165, 1.54) is 32.5 Å². The lowest BCUT2D eigenvalue weighted by molar-refractivity contribution is 0.294. The van der Waals surface area contributed by atoms with Crippen molar-refractivity contribution in [3.8, 4) is 0 Å². The predicted octanol–water partition coefficient (Wildman–Crippen LogP) is 1.71. The van der Waals surface area contributed by atoms with Crippen LogP contribution in [0.5, 0.6) is 0 Å². The zero-order valence-electron chi connectivity index (χ0n) is 12.4. The number of rotatable bonds is 6. The molecule has 1 aliphatic rings. The summed E-state index contributed by atoms with van der Waals surface area (Å²) in [6.07, 6.45) is 3.59. The lowest BCUT2D eigenvalue weighted by Crippen LogP contribution is -2.29. The highest BCUT2D eigenvalue weighted by atomic mass is 15.3. The Morgan fingerprint density at radius 1 is 1.37 bits per heavy atom. The molecule has 0 spiro atoms. The average molecular weight is 265 g/mol. The van der Waals surface area contributed by atoms with Gasteiger partial charge in [-0.2, -0.15) is 5.10 Å². The van der Waals surface area contributed by atoms with E-state index in [-0.39, 0.29) is 0 Å². The second-order valence-electron chi connectivity index (χ2n) is 5.68. The summed E-state index contributed by atoms with van der Waals surface area (Å²) in [5.74, 6) is 1.59. The molecule has 1 fully saturated rings. The van der Waals surface area contributed by atoms with Gasteiger partial charge in [-0.25, -0.2) is 0 Å². The van der Waals surface area contributed by atoms with Crippen molar-refractivity contribution in [1.82, 2.24) is 14.7 Å². The van der Waals surface area contributed by atoms with Crippen LogP contribution in [-0.2, 0) is 13.5 Å². The molecule has 1 unspecified atom stereocenters. The number of hydrogen-bond acceptors (Lipinski definition) is 4. The summed E-state index contributed by atoms with van der Waals surface area (Å²) >= 11 is 0. The van der Waals surface area contributed by atoms with Crippen molar-refractivity contribution in [2.24, 2.45) is 13.0 Å². The number of aryl methyl sites for hydroxylation is 2. The molecule has 2 heterocycles. The highest BCUT2D eigenvalue weighted by Gasteiger charge is 2.16. The fraction of sp³-hybridized carbons (Fsp3) is 0.786. The van der Waals surface area contributed by atoms with E-state index < -0.39 is 0 Å². The van der Waals surface area contributed by atoms with Gasteiger partial charge in [0.25, 0.3) is 0 Å². The monoisotopic (exact) mass is 265 g/mol. The second-order valence-corrected chi connectivity index (χ2v) is 5.68. The molecule has 1 aliphatic heterocycles. The van der Waals surface area contributed by atoms with Crippen molar-refractivity contribution in [3.63, 3.8) is 0 Å². The van der Waals surface area contributed by atoms with Crippen LogP contribution in [0.1, 0.15) is 32.4 Å². The number of anilines is 2. The number of likely N-dealkylation sites (tertiary alicyclic amines) is 1. The van der Waals surface area contributed by atoms with Gasteiger partial charge in [0.15, 0.2) is 0 Å². The Kier molecular flexibility index (Phi) is 4.69. The van der Waals surface area contributed by atoms with Crippen LogP contribution in [0.3, 0.4) is 0 Å². The minimum atomic E-state index is 0.623. The number of nitrogens with zero attached hydrogens (tertiary/aromatic N) is 3. The molecule has 0 bridgehead atoms. The quantitative estimate of drug-likeness (QED) is 0.822. The summed E-state index contributed by atoms with van der Waals surface area (Å²) in [4.78, 5) is 2.55. The maximum absolute atomic E-state index is 6.11. The number of nitrogens with one attached hydrogen (secondary N) is 1. The third-order valence-corrected chi connectivity index (χ3v) is 3.88. The Morgan fingerprint density at radius 3 is 2.63 bits per heavy atom. The number of hydrogen-bond donors (Lipinski definition) is 2. The van der Waals surface area contributed by atoms with Gasteiger partial charge in [-0.1, -0.05) is 13.8 Å². The third kappa shape index (κ3) is 3.41. The summed E-state index contributed by atoms with van der Waals surface area (Å²) < 4.78 is 1.86. The van der Waals surface area contributed by atoms with Crippen LogP contribution in [0.4, 0.5) is 11.5 Å². The fourth-order valence-corrected chi connectivity index (χ4v) is 2.81. The molecule has 19 heavy (non-hydrogen) atoms. The van der Waals surface area contributed by atoms with Crippen LogP contribution in [0, 0.1) is 5.92 Å². The molecule has 1 aromatic rings. The van der Waals surface area contributed by atoms with E-state index in [2.05, 4.69) is 29.2 Å². The summed E-state index contributed by atoms with van der Waals surface area (Å²) in [5, 5.41) is 7.89. The molecule has 0 saturated carbocycles. The van der Waals surface area contributed by atoms with E-state index in [0.29, 0.717) is 5.92 Å². The Morgan fingerprint density at radius 2 is 2.05 bits per heavy atom. The van der Waals surface area contributed by atoms with Crippen LogP contribution in [0.15, 0.2) is 0 Å². The zero-order chi connectivity index (χ0) is 13.8. The molecule has 0 aromatic carbocycles. The molecule has 5 nitrogen and oxygen atoms in total. The van der Waals surface area contributed by atoms with Gasteiger partial charge in [0.2, 0.25) is 0 Å². The van der Waals surface area contributed by atoms with Gasteiger partial charge in [-0.15, -0.1) is 0 Å². The first-order valence-corrected chi connectivity index (χ1v) is 7.39. The van der Waals surface area contributed by atoms with E-state index in [1.54, 1.807) is 0 Å². The van der Waals surface area contributed by atoms with Crippen LogP contribution >= 0.6 is 0 Å². The molecule has 3 N–H and O–H groups in total. The minimum Gasteiger partial charge on any atom is -0.394 e. The number of aromatic nitrogens is 2. The van der Waals surface area contributed by atoms with Gasteiger partial charge >= 0.3 is 0 Å². The first-order valence-electron chi connectivity index (χ1n) is 7.39. The van der Waals surface area contributed by atoms with Crippen molar-refractivity contribution < 1.29 is 0 Å². The molecule has 108 valence electrons. The van der Waals surface area contributed by atoms with Crippen molar-refractivity contribution in [3.05, 3.63) is 5.69 Å². The van der Waals surface area contributed by atoms with Crippen LogP contribution in [0.25, 0.3) is 0 Å². The lowest BCUT2D eigenvalue weighted by atomic mass is 10.1. The summed E-state index contributed by atoms with van der Waals surface area (Å²) in [5.41, 5.74) is 7.90. The highest BCUT2D eigenvalue weighted by Crippen LogP contribution is 2.22. The Bertz CT molecular complexity index is 406. The van der Waals surface area contributed by atoms with Crippen molar-refractivity contribution >= 4 is 11.5 Å². The average Bonchev–Trinajstić information content (AvgIpc) is 2.96. The largest absolute Gasteiger partial charge is 0.394 e. The normalized spacial score (nSPS) is 17.8.